The van der Waals surface area contributed by atoms with Gasteiger partial charge >= 0.3 is 0 Å². The molecule has 2 aromatic heterocycles. The Morgan fingerprint density at radius 1 is 1.13 bits per heavy atom. The Hall–Kier alpha value is -2.43. The predicted octanol–water partition coefficient (Wildman–Crippen LogP) is 2.91. The largest absolute Gasteiger partial charge is 0.474 e. The summed E-state index contributed by atoms with van der Waals surface area (Å²) in [4.78, 5) is 20.5. The molecule has 120 valence electrons. The summed E-state index contributed by atoms with van der Waals surface area (Å²) < 4.78 is 5.91. The number of hydrogen-bond acceptors (Lipinski definition) is 4. The number of nitrogens with one attached hydrogen (secondary N) is 1. The maximum Gasteiger partial charge on any atom is 0.270 e. The molecule has 23 heavy (non-hydrogen) atoms. The zero-order chi connectivity index (χ0) is 16.1. The fourth-order valence-electron chi connectivity index (χ4n) is 2.78. The minimum atomic E-state index is -0.102. The monoisotopic (exact) mass is 311 g/mol. The van der Waals surface area contributed by atoms with Crippen LogP contribution in [0.4, 0.5) is 0 Å². The zero-order valence-electron chi connectivity index (χ0n) is 13.2. The molecule has 5 heteroatoms. The Morgan fingerprint density at radius 3 is 2.61 bits per heavy atom. The van der Waals surface area contributed by atoms with E-state index in [4.69, 9.17) is 4.74 Å². The standard InChI is InChI=1S/C18H21N3O2/c1-13-5-10-17(20-12-13)23-15-8-6-14(7-9-15)21-18(22)16-4-2-3-11-19-16/h2-5,10-12,14-15H,6-9H2,1H3,(H,21,22). The summed E-state index contributed by atoms with van der Waals surface area (Å²) >= 11 is 0. The molecule has 5 nitrogen and oxygen atoms in total. The summed E-state index contributed by atoms with van der Waals surface area (Å²) in [6.07, 6.45) is 7.28. The Balaban J connectivity index is 1.47. The lowest BCUT2D eigenvalue weighted by molar-refractivity contribution is 0.0885. The van der Waals surface area contributed by atoms with E-state index in [-0.39, 0.29) is 18.1 Å². The molecule has 1 aliphatic rings. The van der Waals surface area contributed by atoms with E-state index in [2.05, 4.69) is 15.3 Å². The van der Waals surface area contributed by atoms with Gasteiger partial charge in [-0.15, -0.1) is 0 Å². The van der Waals surface area contributed by atoms with Crippen LogP contribution in [0.3, 0.4) is 0 Å². The van der Waals surface area contributed by atoms with Crippen molar-refractivity contribution in [2.24, 2.45) is 0 Å². The van der Waals surface area contributed by atoms with Gasteiger partial charge in [0.05, 0.1) is 0 Å². The smallest absolute Gasteiger partial charge is 0.270 e. The second-order valence-corrected chi connectivity index (χ2v) is 5.95. The molecule has 0 unspecified atom stereocenters. The van der Waals surface area contributed by atoms with E-state index in [0.717, 1.165) is 31.2 Å². The minimum absolute atomic E-state index is 0.102. The van der Waals surface area contributed by atoms with Gasteiger partial charge < -0.3 is 10.1 Å². The summed E-state index contributed by atoms with van der Waals surface area (Å²) in [6.45, 7) is 2.01. The van der Waals surface area contributed by atoms with Gasteiger partial charge in [-0.2, -0.15) is 0 Å². The van der Waals surface area contributed by atoms with Crippen molar-refractivity contribution in [2.75, 3.05) is 0 Å². The highest BCUT2D eigenvalue weighted by Crippen LogP contribution is 2.23. The van der Waals surface area contributed by atoms with Crippen LogP contribution in [-0.4, -0.2) is 28.0 Å². The maximum absolute atomic E-state index is 12.1. The van der Waals surface area contributed by atoms with Crippen molar-refractivity contribution in [1.29, 1.82) is 0 Å². The number of aromatic nitrogens is 2. The summed E-state index contributed by atoms with van der Waals surface area (Å²) in [5.74, 6) is 0.576. The Labute approximate surface area is 136 Å². The summed E-state index contributed by atoms with van der Waals surface area (Å²) in [6, 6.07) is 9.45. The molecule has 2 heterocycles. The van der Waals surface area contributed by atoms with Crippen molar-refractivity contribution in [1.82, 2.24) is 15.3 Å². The third-order valence-corrected chi connectivity index (χ3v) is 4.08. The first-order valence-electron chi connectivity index (χ1n) is 8.02. The van der Waals surface area contributed by atoms with Gasteiger partial charge in [-0.25, -0.2) is 4.98 Å². The van der Waals surface area contributed by atoms with Gasteiger partial charge in [0.15, 0.2) is 0 Å². The average Bonchev–Trinajstić information content (AvgIpc) is 2.59. The number of rotatable bonds is 4. The maximum atomic E-state index is 12.1. The topological polar surface area (TPSA) is 64.1 Å². The number of hydrogen-bond donors (Lipinski definition) is 1. The number of nitrogens with zero attached hydrogens (tertiary/aromatic N) is 2. The normalized spacial score (nSPS) is 20.7. The fourth-order valence-corrected chi connectivity index (χ4v) is 2.78. The van der Waals surface area contributed by atoms with E-state index in [0.29, 0.717) is 11.6 Å². The molecular formula is C18H21N3O2. The lowest BCUT2D eigenvalue weighted by atomic mass is 9.93. The third kappa shape index (κ3) is 4.28. The first-order chi connectivity index (χ1) is 11.2. The quantitative estimate of drug-likeness (QED) is 0.943. The van der Waals surface area contributed by atoms with Gasteiger partial charge in [0, 0.05) is 24.5 Å². The van der Waals surface area contributed by atoms with Crippen LogP contribution < -0.4 is 10.1 Å². The van der Waals surface area contributed by atoms with E-state index in [1.165, 1.54) is 0 Å². The second kappa shape index (κ2) is 7.22. The molecule has 0 bridgehead atoms. The number of aryl methyl sites for hydroxylation is 1. The van der Waals surface area contributed by atoms with Crippen LogP contribution in [0.15, 0.2) is 42.7 Å². The number of carbonyl (C=O) groups is 1. The number of carbonyl (C=O) groups excluding carboxylic acids is 1. The van der Waals surface area contributed by atoms with Crippen LogP contribution in [-0.2, 0) is 0 Å². The molecule has 2 aromatic rings. The van der Waals surface area contributed by atoms with Crippen LogP contribution in [0.1, 0.15) is 41.7 Å². The van der Waals surface area contributed by atoms with Crippen molar-refractivity contribution < 1.29 is 9.53 Å². The van der Waals surface area contributed by atoms with E-state index < -0.39 is 0 Å². The molecular weight excluding hydrogens is 290 g/mol. The lowest BCUT2D eigenvalue weighted by Gasteiger charge is -2.29. The Morgan fingerprint density at radius 2 is 1.96 bits per heavy atom. The van der Waals surface area contributed by atoms with Crippen molar-refractivity contribution in [3.8, 4) is 5.88 Å². The van der Waals surface area contributed by atoms with Gasteiger partial charge in [-0.3, -0.25) is 9.78 Å². The number of amides is 1. The summed E-state index contributed by atoms with van der Waals surface area (Å²) in [5.41, 5.74) is 1.59. The molecule has 0 aromatic carbocycles. The predicted molar refractivity (Wildman–Crippen MR) is 87.3 cm³/mol. The van der Waals surface area contributed by atoms with Crippen molar-refractivity contribution in [2.45, 2.75) is 44.8 Å². The molecule has 1 saturated carbocycles. The molecule has 1 N–H and O–H groups in total. The Bertz CT molecular complexity index is 635. The van der Waals surface area contributed by atoms with Crippen LogP contribution in [0.25, 0.3) is 0 Å². The molecule has 0 saturated heterocycles. The van der Waals surface area contributed by atoms with E-state index in [9.17, 15) is 4.79 Å². The van der Waals surface area contributed by atoms with Crippen molar-refractivity contribution in [3.05, 3.63) is 54.0 Å². The van der Waals surface area contributed by atoms with Crippen LogP contribution in [0.5, 0.6) is 5.88 Å². The summed E-state index contributed by atoms with van der Waals surface area (Å²) in [7, 11) is 0. The van der Waals surface area contributed by atoms with Gasteiger partial charge in [0.1, 0.15) is 11.8 Å². The Kier molecular flexibility index (Phi) is 4.86. The molecule has 3 rings (SSSR count). The lowest BCUT2D eigenvalue weighted by Crippen LogP contribution is -2.40. The van der Waals surface area contributed by atoms with Gasteiger partial charge in [0.2, 0.25) is 5.88 Å². The first-order valence-corrected chi connectivity index (χ1v) is 8.02. The molecule has 1 amide bonds. The fraction of sp³-hybridized carbons (Fsp3) is 0.389. The molecule has 1 fully saturated rings. The highest BCUT2D eigenvalue weighted by Gasteiger charge is 2.24. The molecule has 0 radical (unpaired) electrons. The number of ether oxygens (including phenoxy) is 1. The van der Waals surface area contributed by atoms with Crippen LogP contribution in [0.2, 0.25) is 0 Å². The molecule has 0 atom stereocenters. The highest BCUT2D eigenvalue weighted by atomic mass is 16.5. The summed E-state index contributed by atoms with van der Waals surface area (Å²) in [5, 5.41) is 3.05. The highest BCUT2D eigenvalue weighted by molar-refractivity contribution is 5.92. The molecule has 1 aliphatic carbocycles. The number of pyridine rings is 2. The zero-order valence-corrected chi connectivity index (χ0v) is 13.2. The SMILES string of the molecule is Cc1ccc(OC2CCC(NC(=O)c3ccccn3)CC2)nc1. The van der Waals surface area contributed by atoms with Gasteiger partial charge in [0.25, 0.3) is 5.91 Å². The van der Waals surface area contributed by atoms with E-state index >= 15 is 0 Å². The first kappa shape index (κ1) is 15.5. The molecule has 0 spiro atoms. The van der Waals surface area contributed by atoms with E-state index in [1.54, 1.807) is 18.3 Å². The van der Waals surface area contributed by atoms with Crippen LogP contribution in [0, 0.1) is 6.92 Å². The molecule has 0 aliphatic heterocycles. The third-order valence-electron chi connectivity index (χ3n) is 4.08. The van der Waals surface area contributed by atoms with Crippen molar-refractivity contribution in [3.63, 3.8) is 0 Å². The second-order valence-electron chi connectivity index (χ2n) is 5.95. The van der Waals surface area contributed by atoms with E-state index in [1.807, 2.05) is 31.3 Å². The van der Waals surface area contributed by atoms with Crippen molar-refractivity contribution >= 4 is 5.91 Å². The van der Waals surface area contributed by atoms with Gasteiger partial charge in [-0.05, 0) is 50.3 Å². The van der Waals surface area contributed by atoms with Crippen LogP contribution >= 0.6 is 0 Å². The minimum Gasteiger partial charge on any atom is -0.474 e. The van der Waals surface area contributed by atoms with Gasteiger partial charge in [-0.1, -0.05) is 12.1 Å². The average molecular weight is 311 g/mol.